The Kier molecular flexibility index (Phi) is 17.3. The summed E-state index contributed by atoms with van der Waals surface area (Å²) in [5, 5.41) is 6.35. The fraction of sp³-hybridized carbons (Fsp3) is 0. The van der Waals surface area contributed by atoms with Gasteiger partial charge in [0, 0.05) is 88.0 Å². The molecule has 112 heavy (non-hydrogen) atoms. The number of pyridine rings is 2. The third-order valence-corrected chi connectivity index (χ3v) is 21.5. The third-order valence-electron chi connectivity index (χ3n) is 20.4. The molecule has 21 aromatic rings. The normalized spacial score (nSPS) is 11.4. The summed E-state index contributed by atoms with van der Waals surface area (Å²) < 4.78 is 19.4. The van der Waals surface area contributed by atoms with Gasteiger partial charge in [-0.3, -0.25) is 0 Å². The van der Waals surface area contributed by atoms with Crippen molar-refractivity contribution in [2.24, 2.45) is 0 Å². The molecule has 15 aromatic carbocycles. The van der Waals surface area contributed by atoms with E-state index in [2.05, 4.69) is 291 Å². The Bertz CT molecular complexity index is 6960. The minimum Gasteiger partial charge on any atom is -0.247 e. The highest BCUT2D eigenvalue weighted by molar-refractivity contribution is 7.00. The maximum Gasteiger partial charge on any atom is 0.164 e. The van der Waals surface area contributed by atoms with Gasteiger partial charge in [0.05, 0.1) is 45.9 Å². The van der Waals surface area contributed by atoms with Crippen LogP contribution in [0.2, 0.25) is 0 Å². The first-order valence-corrected chi connectivity index (χ1v) is 38.3. The SMILES string of the molecule is c1ccc(-c2ccc(-c3nc(-c4ccc(-c5ccccc5)cc4)nc(-c4ccc(-c5cc6c(-c7ccccc7)nc7ccccc7c6c6nsnc56)cc4)n3)cc2)cc1.c1ccc(-c2cccc(-c3nc(-c4ccccc4)nc(-c4ccc(-c5cc6c(-c7ccccc7)nc7ccccc7c6c6nsnc56)cc4)n3)c2)cc1. The van der Waals surface area contributed by atoms with Crippen LogP contribution in [0.4, 0.5) is 0 Å². The Morgan fingerprint density at radius 2 is 0.411 bits per heavy atom. The molecule has 0 N–H and O–H groups in total. The van der Waals surface area contributed by atoms with E-state index in [4.69, 9.17) is 57.4 Å². The average molecular weight is 1470 g/mol. The van der Waals surface area contributed by atoms with Crippen molar-refractivity contribution in [3.63, 3.8) is 0 Å². The molecule has 524 valence electrons. The molecule has 0 bridgehead atoms. The number of benzene rings is 15. The Morgan fingerprint density at radius 3 is 0.777 bits per heavy atom. The van der Waals surface area contributed by atoms with Gasteiger partial charge in [0.15, 0.2) is 34.9 Å². The lowest BCUT2D eigenvalue weighted by Crippen LogP contribution is -2.00. The Hall–Kier alpha value is -14.7. The van der Waals surface area contributed by atoms with Gasteiger partial charge in [0.1, 0.15) is 22.1 Å². The molecular formula is C98H60N12S2. The number of nitrogens with zero attached hydrogens (tertiary/aromatic N) is 12. The average Bonchev–Trinajstić information content (AvgIpc) is 1.34. The van der Waals surface area contributed by atoms with E-state index in [1.807, 2.05) is 72.8 Å². The summed E-state index contributed by atoms with van der Waals surface area (Å²) in [6.07, 6.45) is 0. The Balaban J connectivity index is 0.000000147. The topological polar surface area (TPSA) is 155 Å². The maximum absolute atomic E-state index is 5.19. The molecule has 0 spiro atoms. The monoisotopic (exact) mass is 1470 g/mol. The molecule has 6 aromatic heterocycles. The summed E-state index contributed by atoms with van der Waals surface area (Å²) in [5.74, 6) is 3.66. The summed E-state index contributed by atoms with van der Waals surface area (Å²) >= 11 is 2.48. The van der Waals surface area contributed by atoms with E-state index >= 15 is 0 Å². The summed E-state index contributed by atoms with van der Waals surface area (Å²) in [6, 6.07) is 125. The summed E-state index contributed by atoms with van der Waals surface area (Å²) in [7, 11) is 0. The summed E-state index contributed by atoms with van der Waals surface area (Å²) in [6.45, 7) is 0. The van der Waals surface area contributed by atoms with Crippen LogP contribution in [0.15, 0.2) is 364 Å². The molecule has 0 radical (unpaired) electrons. The van der Waals surface area contributed by atoms with Crippen molar-refractivity contribution in [2.75, 3.05) is 0 Å². The molecule has 0 saturated heterocycles. The van der Waals surface area contributed by atoms with Gasteiger partial charge in [-0.2, -0.15) is 17.5 Å². The Labute approximate surface area is 652 Å². The standard InChI is InChI=1S/C52H32N6S.C46H28N6S/c1-4-12-33(13-5-1)35-20-26-39(27-21-35)50-54-51(40-28-22-36(23-29-40)34-14-6-2-7-15-34)56-52(55-50)41-30-24-37(25-31-41)43-32-44-46(49-48(43)57-59-58-49)42-18-10-11-19-45(42)53-47(44)38-16-8-3-9-17-38;1-4-13-29(14-5-1)34-19-12-20-35(27-34)46-49-44(32-17-8-3-9-18-32)48-45(50-46)33-25-23-30(24-26-33)37-28-38-40(43-42(37)51-53-52-43)36-21-10-11-22-39(36)47-41(38)31-15-6-2-7-16-31/h1-32H;1-28H. The zero-order valence-corrected chi connectivity index (χ0v) is 61.5. The van der Waals surface area contributed by atoms with E-state index in [1.165, 1.54) is 23.5 Å². The van der Waals surface area contributed by atoms with Crippen LogP contribution in [0.3, 0.4) is 0 Å². The van der Waals surface area contributed by atoms with Gasteiger partial charge in [0.25, 0.3) is 0 Å². The van der Waals surface area contributed by atoms with Crippen molar-refractivity contribution in [1.29, 1.82) is 0 Å². The second-order valence-corrected chi connectivity index (χ2v) is 28.3. The fourth-order valence-corrected chi connectivity index (χ4v) is 16.0. The number of rotatable bonds is 13. The molecular weight excluding hydrogens is 1410 g/mol. The second kappa shape index (κ2) is 29.1. The third kappa shape index (κ3) is 12.8. The summed E-state index contributed by atoms with van der Waals surface area (Å²) in [4.78, 5) is 40.6. The van der Waals surface area contributed by atoms with Gasteiger partial charge < -0.3 is 0 Å². The van der Waals surface area contributed by atoms with Gasteiger partial charge in [-0.1, -0.05) is 334 Å². The molecule has 0 aliphatic carbocycles. The first kappa shape index (κ1) is 66.7. The molecule has 0 saturated carbocycles. The van der Waals surface area contributed by atoms with Crippen molar-refractivity contribution in [3.05, 3.63) is 364 Å². The largest absolute Gasteiger partial charge is 0.247 e. The van der Waals surface area contributed by atoms with E-state index in [0.29, 0.717) is 34.9 Å². The number of fused-ring (bicyclic) bond motifs is 10. The van der Waals surface area contributed by atoms with Crippen LogP contribution >= 0.6 is 23.5 Å². The quantitative estimate of drug-likeness (QED) is 0.101. The molecule has 0 amide bonds. The van der Waals surface area contributed by atoms with Crippen LogP contribution in [-0.2, 0) is 0 Å². The lowest BCUT2D eigenvalue weighted by Gasteiger charge is -2.13. The molecule has 12 nitrogen and oxygen atoms in total. The van der Waals surface area contributed by atoms with Crippen LogP contribution in [0.5, 0.6) is 0 Å². The van der Waals surface area contributed by atoms with Crippen molar-refractivity contribution >= 4 is 88.9 Å². The Morgan fingerprint density at radius 1 is 0.161 bits per heavy atom. The highest BCUT2D eigenvalue weighted by Crippen LogP contribution is 2.44. The van der Waals surface area contributed by atoms with Crippen molar-refractivity contribution in [2.45, 2.75) is 0 Å². The van der Waals surface area contributed by atoms with Crippen LogP contribution in [0.1, 0.15) is 0 Å². The highest BCUT2D eigenvalue weighted by Gasteiger charge is 2.24. The number of hydrogen-bond donors (Lipinski definition) is 0. The van der Waals surface area contributed by atoms with E-state index in [9.17, 15) is 0 Å². The zero-order chi connectivity index (χ0) is 74.3. The van der Waals surface area contributed by atoms with Gasteiger partial charge >= 0.3 is 0 Å². The lowest BCUT2D eigenvalue weighted by molar-refractivity contribution is 1.07. The zero-order valence-electron chi connectivity index (χ0n) is 59.8. The molecule has 0 unspecified atom stereocenters. The van der Waals surface area contributed by atoms with Crippen LogP contribution in [0.25, 0.3) is 212 Å². The minimum atomic E-state index is 0.594. The van der Waals surface area contributed by atoms with Crippen LogP contribution in [0, 0.1) is 0 Å². The molecule has 0 atom stereocenters. The van der Waals surface area contributed by atoms with E-state index < -0.39 is 0 Å². The van der Waals surface area contributed by atoms with Crippen molar-refractivity contribution in [3.8, 4) is 146 Å². The van der Waals surface area contributed by atoms with Crippen molar-refractivity contribution < 1.29 is 0 Å². The summed E-state index contributed by atoms with van der Waals surface area (Å²) in [5.41, 5.74) is 25.6. The number of para-hydroxylation sites is 2. The molecule has 0 aliphatic heterocycles. The lowest BCUT2D eigenvalue weighted by atomic mass is 9.93. The molecule has 0 aliphatic rings. The second-order valence-electron chi connectivity index (χ2n) is 27.3. The van der Waals surface area contributed by atoms with E-state index in [0.717, 1.165) is 177 Å². The highest BCUT2D eigenvalue weighted by atomic mass is 32.1. The first-order chi connectivity index (χ1) is 55.5. The van der Waals surface area contributed by atoms with Crippen LogP contribution in [-0.4, -0.2) is 57.4 Å². The molecule has 21 rings (SSSR count). The smallest absolute Gasteiger partial charge is 0.164 e. The molecule has 0 fully saturated rings. The fourth-order valence-electron chi connectivity index (χ4n) is 14.9. The van der Waals surface area contributed by atoms with Gasteiger partial charge in [-0.05, 0) is 74.8 Å². The molecule has 14 heteroatoms. The van der Waals surface area contributed by atoms with Gasteiger partial charge in [-0.15, -0.1) is 0 Å². The van der Waals surface area contributed by atoms with E-state index in [-0.39, 0.29) is 0 Å². The molecule has 6 heterocycles. The predicted molar refractivity (Wildman–Crippen MR) is 458 cm³/mol. The minimum absolute atomic E-state index is 0.594. The first-order valence-electron chi connectivity index (χ1n) is 36.8. The number of hydrogen-bond acceptors (Lipinski definition) is 14. The predicted octanol–water partition coefficient (Wildman–Crippen LogP) is 24.8. The number of aromatic nitrogens is 12. The van der Waals surface area contributed by atoms with Gasteiger partial charge in [-0.25, -0.2) is 39.9 Å². The van der Waals surface area contributed by atoms with Crippen LogP contribution < -0.4 is 0 Å². The van der Waals surface area contributed by atoms with Crippen molar-refractivity contribution in [1.82, 2.24) is 57.4 Å². The van der Waals surface area contributed by atoms with E-state index in [1.54, 1.807) is 0 Å². The maximum atomic E-state index is 5.19. The van der Waals surface area contributed by atoms with Gasteiger partial charge in [0.2, 0.25) is 0 Å².